The molecule has 184 valence electrons. The molecule has 0 fully saturated rings. The third-order valence-corrected chi connectivity index (χ3v) is 6.41. The molecular formula is C25H28N4O6. The third kappa shape index (κ3) is 4.52. The van der Waals surface area contributed by atoms with Gasteiger partial charge in [0.05, 0.1) is 5.69 Å². The summed E-state index contributed by atoms with van der Waals surface area (Å²) < 4.78 is 1.87. The van der Waals surface area contributed by atoms with Crippen molar-refractivity contribution in [1.82, 2.24) is 9.13 Å². The van der Waals surface area contributed by atoms with Gasteiger partial charge in [0.25, 0.3) is 11.5 Å². The number of hydrogen-bond donors (Lipinski definition) is 3. The number of aliphatic hydroxyl groups is 1. The minimum absolute atomic E-state index is 0.0293. The van der Waals surface area contributed by atoms with Gasteiger partial charge in [0, 0.05) is 29.3 Å². The second kappa shape index (κ2) is 9.30. The number of benzene rings is 1. The Bertz CT molecular complexity index is 1420. The van der Waals surface area contributed by atoms with E-state index in [-0.39, 0.29) is 47.1 Å². The summed E-state index contributed by atoms with van der Waals surface area (Å²) in [6, 6.07) is 8.33. The van der Waals surface area contributed by atoms with Crippen molar-refractivity contribution in [3.05, 3.63) is 73.5 Å². The van der Waals surface area contributed by atoms with E-state index in [2.05, 4.69) is 5.32 Å². The van der Waals surface area contributed by atoms with Crippen molar-refractivity contribution in [2.45, 2.75) is 46.1 Å². The molecule has 0 spiro atoms. The quantitative estimate of drug-likeness (QED) is 0.528. The van der Waals surface area contributed by atoms with Crippen LogP contribution >= 0.6 is 0 Å². The number of nitrogen functional groups attached to an aromatic ring is 1. The molecule has 0 unspecified atom stereocenters. The average molecular weight is 481 g/mol. The fraction of sp³-hybridized carbons (Fsp3) is 0.320. The molecule has 10 heteroatoms. The van der Waals surface area contributed by atoms with Crippen molar-refractivity contribution < 1.29 is 19.5 Å². The Morgan fingerprint density at radius 3 is 2.17 bits per heavy atom. The Hall–Kier alpha value is -4.05. The fourth-order valence-electron chi connectivity index (χ4n) is 3.86. The molecule has 1 heterocycles. The van der Waals surface area contributed by atoms with Crippen LogP contribution in [0.2, 0.25) is 0 Å². The summed E-state index contributed by atoms with van der Waals surface area (Å²) in [7, 11) is 1.25. The summed E-state index contributed by atoms with van der Waals surface area (Å²) in [6.07, 6.45) is -0.228. The molecule has 35 heavy (non-hydrogen) atoms. The first-order chi connectivity index (χ1) is 16.3. The topological polar surface area (TPSA) is 153 Å². The molecule has 0 saturated heterocycles. The van der Waals surface area contributed by atoms with Crippen LogP contribution < -0.4 is 22.3 Å². The first-order valence-corrected chi connectivity index (χ1v) is 11.0. The number of allylic oxidation sites excluding steroid dienone is 4. The van der Waals surface area contributed by atoms with Crippen molar-refractivity contribution in [2.24, 2.45) is 7.05 Å². The van der Waals surface area contributed by atoms with E-state index in [1.54, 1.807) is 44.2 Å². The molecule has 1 aliphatic carbocycles. The number of ketones is 2. The molecule has 1 aromatic carbocycles. The maximum absolute atomic E-state index is 13.0. The smallest absolute Gasteiger partial charge is 0.337 e. The summed E-state index contributed by atoms with van der Waals surface area (Å²) in [5.41, 5.74) is 3.78. The van der Waals surface area contributed by atoms with E-state index in [9.17, 15) is 29.1 Å². The number of carbonyl (C=O) groups excluding carboxylic acids is 3. The number of anilines is 2. The Morgan fingerprint density at radius 2 is 1.57 bits per heavy atom. The summed E-state index contributed by atoms with van der Waals surface area (Å²) >= 11 is 0. The fourth-order valence-corrected chi connectivity index (χ4v) is 3.86. The monoisotopic (exact) mass is 480 g/mol. The standard InChI is InChI=1S/C25H28N4O6/c1-13-14(2)20(31)17(15(3)19(13)30)11-12-25(4,35)23(33)27-18-21(26)29(16-9-7-6-8-10-16)24(34)28(5)22(18)32/h6-10,35H,11-12,26H2,1-5H3,(H,27,33)/t25-/m0/s1. The molecule has 0 radical (unpaired) electrons. The number of amides is 1. The molecule has 3 rings (SSSR count). The van der Waals surface area contributed by atoms with Gasteiger partial charge in [0.1, 0.15) is 17.1 Å². The van der Waals surface area contributed by atoms with Crippen LogP contribution in [-0.2, 0) is 21.4 Å². The lowest BCUT2D eigenvalue weighted by Gasteiger charge is -2.25. The van der Waals surface area contributed by atoms with Crippen molar-refractivity contribution in [3.63, 3.8) is 0 Å². The van der Waals surface area contributed by atoms with Crippen molar-refractivity contribution >= 4 is 29.0 Å². The molecule has 1 aliphatic rings. The minimum atomic E-state index is -2.02. The van der Waals surface area contributed by atoms with Crippen LogP contribution in [0.25, 0.3) is 5.69 Å². The van der Waals surface area contributed by atoms with E-state index in [4.69, 9.17) is 5.73 Å². The zero-order valence-corrected chi connectivity index (χ0v) is 20.3. The molecular weight excluding hydrogens is 452 g/mol. The Kier molecular flexibility index (Phi) is 6.80. The lowest BCUT2D eigenvalue weighted by molar-refractivity contribution is -0.133. The number of Topliss-reactive ketones (excluding diaryl/α,β-unsaturated/α-hetero) is 2. The van der Waals surface area contributed by atoms with E-state index in [0.29, 0.717) is 16.8 Å². The lowest BCUT2D eigenvalue weighted by Crippen LogP contribution is -2.45. The highest BCUT2D eigenvalue weighted by Gasteiger charge is 2.35. The van der Waals surface area contributed by atoms with Gasteiger partial charge in [0.2, 0.25) is 0 Å². The molecule has 0 bridgehead atoms. The van der Waals surface area contributed by atoms with Crippen LogP contribution in [0, 0.1) is 0 Å². The number of nitrogens with zero attached hydrogens (tertiary/aromatic N) is 2. The zero-order valence-electron chi connectivity index (χ0n) is 20.3. The zero-order chi connectivity index (χ0) is 26.2. The van der Waals surface area contributed by atoms with Crippen molar-refractivity contribution in [1.29, 1.82) is 0 Å². The molecule has 1 aromatic heterocycles. The van der Waals surface area contributed by atoms with Gasteiger partial charge < -0.3 is 16.2 Å². The molecule has 4 N–H and O–H groups in total. The number of hydrogen-bond acceptors (Lipinski definition) is 7. The number of rotatable bonds is 6. The number of carbonyl (C=O) groups is 3. The predicted octanol–water partition coefficient (Wildman–Crippen LogP) is 1.39. The van der Waals surface area contributed by atoms with E-state index in [1.165, 1.54) is 20.9 Å². The Labute approximate surface area is 201 Å². The van der Waals surface area contributed by atoms with E-state index < -0.39 is 22.8 Å². The van der Waals surface area contributed by atoms with Crippen LogP contribution in [0.3, 0.4) is 0 Å². The maximum Gasteiger partial charge on any atom is 0.337 e. The number of aromatic nitrogens is 2. The SMILES string of the molecule is CC1=C(C)C(=O)C(CC[C@](C)(O)C(=O)Nc2c(N)n(-c3ccccc3)c(=O)n(C)c2=O)=C(C)C1=O. The summed E-state index contributed by atoms with van der Waals surface area (Å²) in [5.74, 6) is -1.79. The number of nitrogens with two attached hydrogens (primary N) is 1. The molecule has 0 saturated carbocycles. The average Bonchev–Trinajstić information content (AvgIpc) is 2.83. The third-order valence-electron chi connectivity index (χ3n) is 6.41. The van der Waals surface area contributed by atoms with Crippen LogP contribution in [-0.4, -0.2) is 37.3 Å². The summed E-state index contributed by atoms with van der Waals surface area (Å²) in [5, 5.41) is 13.2. The molecule has 1 atom stereocenters. The van der Waals surface area contributed by atoms with Gasteiger partial charge >= 0.3 is 5.69 Å². The van der Waals surface area contributed by atoms with Gasteiger partial charge in [-0.3, -0.25) is 23.7 Å². The molecule has 10 nitrogen and oxygen atoms in total. The largest absolute Gasteiger partial charge is 0.383 e. The molecule has 1 amide bonds. The van der Waals surface area contributed by atoms with Gasteiger partial charge in [-0.25, -0.2) is 9.36 Å². The highest BCUT2D eigenvalue weighted by Crippen LogP contribution is 2.29. The second-order valence-corrected chi connectivity index (χ2v) is 8.82. The van der Waals surface area contributed by atoms with Gasteiger partial charge in [-0.05, 0) is 52.7 Å². The van der Waals surface area contributed by atoms with E-state index in [1.807, 2.05) is 0 Å². The van der Waals surface area contributed by atoms with Gasteiger partial charge in [0.15, 0.2) is 11.6 Å². The van der Waals surface area contributed by atoms with Gasteiger partial charge in [-0.1, -0.05) is 18.2 Å². The Balaban J connectivity index is 1.90. The molecule has 2 aromatic rings. The second-order valence-electron chi connectivity index (χ2n) is 8.82. The summed E-state index contributed by atoms with van der Waals surface area (Å²) in [4.78, 5) is 63.4. The maximum atomic E-state index is 13.0. The first-order valence-electron chi connectivity index (χ1n) is 11.0. The van der Waals surface area contributed by atoms with Gasteiger partial charge in [-0.2, -0.15) is 0 Å². The number of para-hydroxylation sites is 1. The lowest BCUT2D eigenvalue weighted by atomic mass is 9.82. The molecule has 0 aliphatic heterocycles. The predicted molar refractivity (Wildman–Crippen MR) is 131 cm³/mol. The van der Waals surface area contributed by atoms with E-state index in [0.717, 1.165) is 9.13 Å². The normalized spacial score (nSPS) is 15.9. The van der Waals surface area contributed by atoms with Crippen molar-refractivity contribution in [3.8, 4) is 5.69 Å². The highest BCUT2D eigenvalue weighted by atomic mass is 16.3. The number of nitrogens with one attached hydrogen (secondary N) is 1. The van der Waals surface area contributed by atoms with Crippen LogP contribution in [0.15, 0.2) is 62.2 Å². The minimum Gasteiger partial charge on any atom is -0.383 e. The Morgan fingerprint density at radius 1 is 1.00 bits per heavy atom. The van der Waals surface area contributed by atoms with Crippen LogP contribution in [0.1, 0.15) is 40.5 Å². The first kappa shape index (κ1) is 25.6. The van der Waals surface area contributed by atoms with Gasteiger partial charge in [-0.15, -0.1) is 0 Å². The highest BCUT2D eigenvalue weighted by molar-refractivity contribution is 6.24. The van der Waals surface area contributed by atoms with Crippen LogP contribution in [0.5, 0.6) is 0 Å². The van der Waals surface area contributed by atoms with Crippen LogP contribution in [0.4, 0.5) is 11.5 Å². The van der Waals surface area contributed by atoms with Crippen molar-refractivity contribution in [2.75, 3.05) is 11.1 Å². The van der Waals surface area contributed by atoms with E-state index >= 15 is 0 Å². The summed E-state index contributed by atoms with van der Waals surface area (Å²) in [6.45, 7) is 5.92.